The molecule has 3 heterocycles. The summed E-state index contributed by atoms with van der Waals surface area (Å²) in [5.74, 6) is 0.621. The average molecular weight is 428 g/mol. The van der Waals surface area contributed by atoms with Crippen molar-refractivity contribution in [1.82, 2.24) is 19.5 Å². The maximum Gasteiger partial charge on any atom is 0.167 e. The number of hydrogen-bond donors (Lipinski definition) is 3. The Morgan fingerprint density at radius 3 is 2.78 bits per heavy atom. The first kappa shape index (κ1) is 18.7. The van der Waals surface area contributed by atoms with E-state index in [1.807, 2.05) is 0 Å². The van der Waals surface area contributed by atoms with Gasteiger partial charge in [-0.2, -0.15) is 0 Å². The highest BCUT2D eigenvalue weighted by Gasteiger charge is 2.44. The Labute approximate surface area is 168 Å². The van der Waals surface area contributed by atoms with Crippen LogP contribution in [0.15, 0.2) is 35.7 Å². The summed E-state index contributed by atoms with van der Waals surface area (Å²) in [7, 11) is 0. The standard InChI is InChI=1S/C16H15Cl2N5O3S/c17-7-1-2-10(8(18)3-7)27-4-9-12(24)13(25)16(26-9)23-6-22-11-14(19)20-5-21-15(11)23/h1-3,5-6,9,12-13,16,24-25H,4H2,(H2,19,20,21)/t9-,12-,13-,16-/m1/s1. The van der Waals surface area contributed by atoms with E-state index in [1.54, 1.807) is 22.8 Å². The van der Waals surface area contributed by atoms with E-state index in [1.165, 1.54) is 24.4 Å². The van der Waals surface area contributed by atoms with Crippen molar-refractivity contribution in [2.45, 2.75) is 29.4 Å². The van der Waals surface area contributed by atoms with Crippen LogP contribution < -0.4 is 5.73 Å². The molecule has 0 spiro atoms. The number of aliphatic hydroxyl groups is 2. The summed E-state index contributed by atoms with van der Waals surface area (Å²) >= 11 is 13.5. The second-order valence-corrected chi connectivity index (χ2v) is 7.92. The molecule has 4 rings (SSSR count). The van der Waals surface area contributed by atoms with Crippen molar-refractivity contribution in [3.05, 3.63) is 40.9 Å². The van der Waals surface area contributed by atoms with Crippen LogP contribution in [0.5, 0.6) is 0 Å². The van der Waals surface area contributed by atoms with Gasteiger partial charge >= 0.3 is 0 Å². The van der Waals surface area contributed by atoms with E-state index in [9.17, 15) is 10.2 Å². The smallest absolute Gasteiger partial charge is 0.167 e. The summed E-state index contributed by atoms with van der Waals surface area (Å²) in [6.45, 7) is 0. The zero-order chi connectivity index (χ0) is 19.1. The monoisotopic (exact) mass is 427 g/mol. The average Bonchev–Trinajstić information content (AvgIpc) is 3.18. The molecule has 1 aromatic carbocycles. The van der Waals surface area contributed by atoms with E-state index in [-0.39, 0.29) is 5.82 Å². The highest BCUT2D eigenvalue weighted by atomic mass is 35.5. The van der Waals surface area contributed by atoms with Crippen LogP contribution in [0.4, 0.5) is 5.82 Å². The van der Waals surface area contributed by atoms with Crippen LogP contribution in [0.2, 0.25) is 10.0 Å². The molecular weight excluding hydrogens is 413 g/mol. The van der Waals surface area contributed by atoms with Crippen LogP contribution in [0.25, 0.3) is 11.2 Å². The van der Waals surface area contributed by atoms with E-state index in [4.69, 9.17) is 33.7 Å². The summed E-state index contributed by atoms with van der Waals surface area (Å²) in [4.78, 5) is 13.0. The van der Waals surface area contributed by atoms with E-state index in [0.717, 1.165) is 4.90 Å². The largest absolute Gasteiger partial charge is 0.387 e. The van der Waals surface area contributed by atoms with Crippen molar-refractivity contribution in [2.24, 2.45) is 0 Å². The summed E-state index contributed by atoms with van der Waals surface area (Å²) in [6, 6.07) is 5.19. The van der Waals surface area contributed by atoms with Crippen LogP contribution in [0.3, 0.4) is 0 Å². The van der Waals surface area contributed by atoms with E-state index in [2.05, 4.69) is 15.0 Å². The molecule has 0 radical (unpaired) electrons. The van der Waals surface area contributed by atoms with Gasteiger partial charge in [0.1, 0.15) is 24.1 Å². The van der Waals surface area contributed by atoms with Crippen molar-refractivity contribution >= 4 is 51.9 Å². The Bertz CT molecular complexity index is 988. The van der Waals surface area contributed by atoms with Crippen molar-refractivity contribution in [3.63, 3.8) is 0 Å². The number of aromatic nitrogens is 4. The number of fused-ring (bicyclic) bond motifs is 1. The Balaban J connectivity index is 1.53. The molecule has 0 amide bonds. The number of hydrogen-bond acceptors (Lipinski definition) is 8. The Kier molecular flexibility index (Phi) is 5.15. The lowest BCUT2D eigenvalue weighted by Crippen LogP contribution is -2.32. The van der Waals surface area contributed by atoms with Crippen molar-refractivity contribution in [3.8, 4) is 0 Å². The number of benzene rings is 1. The van der Waals surface area contributed by atoms with Gasteiger partial charge in [0, 0.05) is 15.7 Å². The normalized spacial score (nSPS) is 25.3. The molecule has 1 aliphatic rings. The second-order valence-electron chi connectivity index (χ2n) is 6.01. The van der Waals surface area contributed by atoms with Gasteiger partial charge in [0.15, 0.2) is 17.7 Å². The molecular formula is C16H15Cl2N5O3S. The summed E-state index contributed by atoms with van der Waals surface area (Å²) in [5, 5.41) is 21.9. The molecule has 4 N–H and O–H groups in total. The Hall–Kier alpha value is -1.62. The number of rotatable bonds is 4. The fraction of sp³-hybridized carbons (Fsp3) is 0.312. The van der Waals surface area contributed by atoms with Gasteiger partial charge in [-0.1, -0.05) is 23.2 Å². The molecule has 4 atom stereocenters. The van der Waals surface area contributed by atoms with Crippen LogP contribution in [-0.4, -0.2) is 53.8 Å². The van der Waals surface area contributed by atoms with Gasteiger partial charge in [-0.05, 0) is 18.2 Å². The predicted molar refractivity (Wildman–Crippen MR) is 103 cm³/mol. The van der Waals surface area contributed by atoms with E-state index < -0.39 is 24.5 Å². The quantitative estimate of drug-likeness (QED) is 0.541. The molecule has 142 valence electrons. The first-order valence-corrected chi connectivity index (χ1v) is 9.72. The van der Waals surface area contributed by atoms with Gasteiger partial charge in [0.05, 0.1) is 17.5 Å². The third-order valence-electron chi connectivity index (χ3n) is 4.30. The lowest BCUT2D eigenvalue weighted by molar-refractivity contribution is -0.0289. The molecule has 8 nitrogen and oxygen atoms in total. The van der Waals surface area contributed by atoms with Gasteiger partial charge in [-0.25, -0.2) is 15.0 Å². The number of nitrogens with two attached hydrogens (primary N) is 1. The molecule has 1 aliphatic heterocycles. The number of nitrogen functional groups attached to an aromatic ring is 1. The fourth-order valence-electron chi connectivity index (χ4n) is 2.92. The molecule has 1 saturated heterocycles. The van der Waals surface area contributed by atoms with Gasteiger partial charge in [-0.3, -0.25) is 4.57 Å². The van der Waals surface area contributed by atoms with E-state index in [0.29, 0.717) is 27.0 Å². The zero-order valence-corrected chi connectivity index (χ0v) is 16.1. The van der Waals surface area contributed by atoms with Crippen molar-refractivity contribution in [2.75, 3.05) is 11.5 Å². The van der Waals surface area contributed by atoms with Crippen LogP contribution in [0.1, 0.15) is 6.23 Å². The minimum Gasteiger partial charge on any atom is -0.387 e. The molecule has 0 bridgehead atoms. The zero-order valence-electron chi connectivity index (χ0n) is 13.7. The maximum atomic E-state index is 10.5. The molecule has 0 unspecified atom stereocenters. The number of thioether (sulfide) groups is 1. The van der Waals surface area contributed by atoms with Crippen molar-refractivity contribution in [1.29, 1.82) is 0 Å². The fourth-order valence-corrected chi connectivity index (χ4v) is 4.47. The van der Waals surface area contributed by atoms with Gasteiger partial charge in [0.25, 0.3) is 0 Å². The molecule has 11 heteroatoms. The summed E-state index contributed by atoms with van der Waals surface area (Å²) < 4.78 is 7.44. The minimum atomic E-state index is -1.15. The number of imidazole rings is 1. The third kappa shape index (κ3) is 3.46. The lowest BCUT2D eigenvalue weighted by Gasteiger charge is -2.16. The topological polar surface area (TPSA) is 119 Å². The Morgan fingerprint density at radius 2 is 2.00 bits per heavy atom. The molecule has 2 aromatic heterocycles. The number of ether oxygens (including phenoxy) is 1. The molecule has 1 fully saturated rings. The molecule has 0 aliphatic carbocycles. The van der Waals surface area contributed by atoms with Gasteiger partial charge in [-0.15, -0.1) is 11.8 Å². The van der Waals surface area contributed by atoms with Crippen LogP contribution in [-0.2, 0) is 4.74 Å². The third-order valence-corrected chi connectivity index (χ3v) is 6.12. The highest BCUT2D eigenvalue weighted by molar-refractivity contribution is 7.99. The first-order chi connectivity index (χ1) is 13.0. The van der Waals surface area contributed by atoms with Crippen molar-refractivity contribution < 1.29 is 14.9 Å². The van der Waals surface area contributed by atoms with Crippen LogP contribution >= 0.6 is 35.0 Å². The SMILES string of the molecule is Nc1ncnc2c1ncn2[C@@H]1O[C@H](CSc2ccc(Cl)cc2Cl)[C@@H](O)[C@H]1O. The molecule has 27 heavy (non-hydrogen) atoms. The van der Waals surface area contributed by atoms with Gasteiger partial charge in [0.2, 0.25) is 0 Å². The maximum absolute atomic E-state index is 10.5. The lowest BCUT2D eigenvalue weighted by atomic mass is 10.1. The minimum absolute atomic E-state index is 0.233. The first-order valence-electron chi connectivity index (χ1n) is 7.98. The number of nitrogens with zero attached hydrogens (tertiary/aromatic N) is 4. The molecule has 0 saturated carbocycles. The number of anilines is 1. The van der Waals surface area contributed by atoms with E-state index >= 15 is 0 Å². The van der Waals surface area contributed by atoms with Crippen LogP contribution in [0, 0.1) is 0 Å². The predicted octanol–water partition coefficient (Wildman–Crippen LogP) is 2.13. The number of halogens is 2. The van der Waals surface area contributed by atoms with Gasteiger partial charge < -0.3 is 20.7 Å². The highest BCUT2D eigenvalue weighted by Crippen LogP contribution is 2.36. The second kappa shape index (κ2) is 7.42. The summed E-state index contributed by atoms with van der Waals surface area (Å²) in [6.07, 6.45) is -0.912. The number of aliphatic hydroxyl groups excluding tert-OH is 2. The Morgan fingerprint density at radius 1 is 1.19 bits per heavy atom. The molecule has 3 aromatic rings. The summed E-state index contributed by atoms with van der Waals surface area (Å²) in [5.41, 5.74) is 6.62.